The van der Waals surface area contributed by atoms with Crippen molar-refractivity contribution in [2.75, 3.05) is 0 Å². The van der Waals surface area contributed by atoms with Gasteiger partial charge in [-0.15, -0.1) is 0 Å². The zero-order valence-electron chi connectivity index (χ0n) is 19.3. The Bertz CT molecular complexity index is 1750. The van der Waals surface area contributed by atoms with Gasteiger partial charge in [-0.1, -0.05) is 48.5 Å². The molecule has 0 spiro atoms. The van der Waals surface area contributed by atoms with Crippen LogP contribution in [0.15, 0.2) is 91.0 Å². The number of nitrogens with zero attached hydrogens (tertiary/aromatic N) is 3. The summed E-state index contributed by atoms with van der Waals surface area (Å²) >= 11 is 0. The molecule has 168 valence electrons. The van der Waals surface area contributed by atoms with Crippen LogP contribution in [-0.2, 0) is 6.54 Å². The lowest BCUT2D eigenvalue weighted by Crippen LogP contribution is -1.94. The Kier molecular flexibility index (Phi) is 4.36. The normalized spacial score (nSPS) is 11.7. The van der Waals surface area contributed by atoms with Crippen LogP contribution in [0.5, 0.6) is 0 Å². The van der Waals surface area contributed by atoms with Gasteiger partial charge in [0.05, 0.1) is 27.6 Å². The summed E-state index contributed by atoms with van der Waals surface area (Å²) in [5.74, 6) is 1.59. The Morgan fingerprint density at radius 2 is 1.31 bits per heavy atom. The second-order valence-electron chi connectivity index (χ2n) is 8.80. The van der Waals surface area contributed by atoms with Gasteiger partial charge in [0.15, 0.2) is 0 Å². The van der Waals surface area contributed by atoms with Crippen molar-refractivity contribution in [3.63, 3.8) is 0 Å². The number of rotatable bonds is 4. The number of aryl methyl sites for hydroxylation is 1. The molecule has 5 nitrogen and oxygen atoms in total. The standard InChI is InChI=1S/C30H23N5/c1-2-35-27-14-8-3-9-20(27)21-17-19(15-16-28(21)35)18-22(29-31-23-10-4-5-11-24(23)32-29)30-33-25-12-6-7-13-26(25)34-30/h3-18H,2H2,1H3,(H,31,32)(H,33,34). The second kappa shape index (κ2) is 7.71. The minimum absolute atomic E-state index is 0.793. The maximum atomic E-state index is 4.90. The third-order valence-electron chi connectivity index (χ3n) is 6.71. The Hall–Kier alpha value is -4.64. The quantitative estimate of drug-likeness (QED) is 0.297. The SMILES string of the molecule is CCn1c2ccccc2c2cc(C=C(c3nc4ccccc4[nH]3)c3nc4ccccc4[nH]3)ccc21. The van der Waals surface area contributed by atoms with E-state index in [1.54, 1.807) is 0 Å². The molecule has 0 saturated heterocycles. The molecular formula is C30H23N5. The van der Waals surface area contributed by atoms with Crippen molar-refractivity contribution >= 4 is 55.5 Å². The summed E-state index contributed by atoms with van der Waals surface area (Å²) in [6, 6.07) is 31.5. The fraction of sp³-hybridized carbons (Fsp3) is 0.0667. The Labute approximate surface area is 201 Å². The number of H-pyrrole nitrogens is 2. The van der Waals surface area contributed by atoms with Crippen molar-refractivity contribution in [3.8, 4) is 0 Å². The zero-order chi connectivity index (χ0) is 23.4. The maximum absolute atomic E-state index is 4.90. The number of nitrogens with one attached hydrogen (secondary N) is 2. The van der Waals surface area contributed by atoms with Crippen molar-refractivity contribution in [3.05, 3.63) is 108 Å². The Morgan fingerprint density at radius 3 is 1.97 bits per heavy atom. The van der Waals surface area contributed by atoms with Crippen LogP contribution < -0.4 is 0 Å². The molecule has 0 fully saturated rings. The first kappa shape index (κ1) is 19.8. The summed E-state index contributed by atoms with van der Waals surface area (Å²) < 4.78 is 2.37. The van der Waals surface area contributed by atoms with Crippen LogP contribution in [0.3, 0.4) is 0 Å². The van der Waals surface area contributed by atoms with E-state index in [2.05, 4.69) is 70.0 Å². The fourth-order valence-corrected chi connectivity index (χ4v) is 5.08. The highest BCUT2D eigenvalue weighted by atomic mass is 15.0. The number of imidazole rings is 2. The summed E-state index contributed by atoms with van der Waals surface area (Å²) in [7, 11) is 0. The molecule has 0 aliphatic heterocycles. The number of fused-ring (bicyclic) bond motifs is 5. The van der Waals surface area contributed by atoms with Crippen LogP contribution in [0.2, 0.25) is 0 Å². The molecule has 5 heteroatoms. The van der Waals surface area contributed by atoms with Gasteiger partial charge in [-0.25, -0.2) is 9.97 Å². The molecule has 35 heavy (non-hydrogen) atoms. The third kappa shape index (κ3) is 3.16. The van der Waals surface area contributed by atoms with E-state index in [-0.39, 0.29) is 0 Å². The molecule has 4 aromatic carbocycles. The zero-order valence-corrected chi connectivity index (χ0v) is 19.3. The van der Waals surface area contributed by atoms with Gasteiger partial charge >= 0.3 is 0 Å². The molecular weight excluding hydrogens is 430 g/mol. The first-order chi connectivity index (χ1) is 17.3. The summed E-state index contributed by atoms with van der Waals surface area (Å²) in [5, 5.41) is 2.53. The predicted octanol–water partition coefficient (Wildman–Crippen LogP) is 7.16. The number of hydrogen-bond donors (Lipinski definition) is 2. The van der Waals surface area contributed by atoms with E-state index in [4.69, 9.17) is 9.97 Å². The third-order valence-corrected chi connectivity index (χ3v) is 6.71. The van der Waals surface area contributed by atoms with Crippen molar-refractivity contribution in [1.29, 1.82) is 0 Å². The molecule has 7 aromatic rings. The lowest BCUT2D eigenvalue weighted by Gasteiger charge is -2.04. The lowest BCUT2D eigenvalue weighted by molar-refractivity contribution is 0.827. The van der Waals surface area contributed by atoms with Crippen LogP contribution in [-0.4, -0.2) is 24.5 Å². The molecule has 0 bridgehead atoms. The largest absolute Gasteiger partial charge is 0.341 e. The van der Waals surface area contributed by atoms with Gasteiger partial charge in [-0.2, -0.15) is 0 Å². The van der Waals surface area contributed by atoms with Gasteiger partial charge in [0, 0.05) is 28.4 Å². The van der Waals surface area contributed by atoms with Crippen molar-refractivity contribution in [2.24, 2.45) is 0 Å². The van der Waals surface area contributed by atoms with Crippen molar-refractivity contribution < 1.29 is 0 Å². The van der Waals surface area contributed by atoms with Gasteiger partial charge in [0.2, 0.25) is 0 Å². The van der Waals surface area contributed by atoms with E-state index >= 15 is 0 Å². The molecule has 7 rings (SSSR count). The minimum Gasteiger partial charge on any atom is -0.341 e. The van der Waals surface area contributed by atoms with Gasteiger partial charge in [-0.3, -0.25) is 0 Å². The molecule has 3 heterocycles. The Morgan fingerprint density at radius 1 is 0.714 bits per heavy atom. The lowest BCUT2D eigenvalue weighted by atomic mass is 10.1. The Balaban J connectivity index is 1.47. The minimum atomic E-state index is 0.793. The molecule has 0 aliphatic carbocycles. The van der Waals surface area contributed by atoms with E-state index in [1.807, 2.05) is 48.5 Å². The monoisotopic (exact) mass is 453 g/mol. The molecule has 2 N–H and O–H groups in total. The van der Waals surface area contributed by atoms with Crippen LogP contribution in [0.4, 0.5) is 0 Å². The molecule has 3 aromatic heterocycles. The summed E-state index contributed by atoms with van der Waals surface area (Å²) in [6.07, 6.45) is 2.17. The molecule has 0 unspecified atom stereocenters. The van der Waals surface area contributed by atoms with Gasteiger partial charge < -0.3 is 14.5 Å². The maximum Gasteiger partial charge on any atom is 0.142 e. The highest BCUT2D eigenvalue weighted by Crippen LogP contribution is 2.32. The summed E-state index contributed by atoms with van der Waals surface area (Å²) in [6.45, 7) is 3.13. The van der Waals surface area contributed by atoms with Crippen molar-refractivity contribution in [2.45, 2.75) is 13.5 Å². The number of aromatic nitrogens is 5. The van der Waals surface area contributed by atoms with Gasteiger partial charge in [0.1, 0.15) is 11.6 Å². The molecule has 0 saturated carbocycles. The second-order valence-corrected chi connectivity index (χ2v) is 8.80. The van der Waals surface area contributed by atoms with Crippen molar-refractivity contribution in [1.82, 2.24) is 24.5 Å². The summed E-state index contributed by atoms with van der Waals surface area (Å²) in [5.41, 5.74) is 8.43. The van der Waals surface area contributed by atoms with Crippen LogP contribution in [0.1, 0.15) is 24.1 Å². The van der Waals surface area contributed by atoms with E-state index in [0.29, 0.717) is 0 Å². The average Bonchev–Trinajstić information content (AvgIpc) is 3.60. The average molecular weight is 454 g/mol. The summed E-state index contributed by atoms with van der Waals surface area (Å²) in [4.78, 5) is 16.8. The van der Waals surface area contributed by atoms with E-state index in [0.717, 1.165) is 51.4 Å². The highest BCUT2D eigenvalue weighted by molar-refractivity contribution is 6.09. The molecule has 0 atom stereocenters. The van der Waals surface area contributed by atoms with Gasteiger partial charge in [0.25, 0.3) is 0 Å². The molecule has 0 amide bonds. The first-order valence-electron chi connectivity index (χ1n) is 11.9. The molecule has 0 radical (unpaired) electrons. The predicted molar refractivity (Wildman–Crippen MR) is 144 cm³/mol. The topological polar surface area (TPSA) is 62.3 Å². The number of benzene rings is 4. The van der Waals surface area contributed by atoms with E-state index in [9.17, 15) is 0 Å². The van der Waals surface area contributed by atoms with Crippen LogP contribution in [0.25, 0.3) is 55.5 Å². The first-order valence-corrected chi connectivity index (χ1v) is 11.9. The van der Waals surface area contributed by atoms with Crippen LogP contribution >= 0.6 is 0 Å². The number of para-hydroxylation sites is 5. The fourth-order valence-electron chi connectivity index (χ4n) is 5.08. The van der Waals surface area contributed by atoms with E-state index in [1.165, 1.54) is 21.8 Å². The van der Waals surface area contributed by atoms with Gasteiger partial charge in [-0.05, 0) is 61.0 Å². The number of aromatic amines is 2. The highest BCUT2D eigenvalue weighted by Gasteiger charge is 2.16. The smallest absolute Gasteiger partial charge is 0.142 e. The van der Waals surface area contributed by atoms with Crippen LogP contribution in [0, 0.1) is 0 Å². The van der Waals surface area contributed by atoms with E-state index < -0.39 is 0 Å². The number of hydrogen-bond acceptors (Lipinski definition) is 2. The molecule has 0 aliphatic rings.